The summed E-state index contributed by atoms with van der Waals surface area (Å²) in [5.74, 6) is -0.0375. The van der Waals surface area contributed by atoms with E-state index in [0.29, 0.717) is 11.7 Å². The number of nitrogens with zero attached hydrogens (tertiary/aromatic N) is 1. The molecule has 4 heteroatoms. The fraction of sp³-hybridized carbons (Fsp3) is 0.500. The minimum atomic E-state index is -0.0375. The second kappa shape index (κ2) is 8.13. The second-order valence-corrected chi connectivity index (χ2v) is 6.73. The highest BCUT2D eigenvalue weighted by Gasteiger charge is 2.17. The molecule has 1 aromatic heterocycles. The smallest absolute Gasteiger partial charge is 0.269 e. The van der Waals surface area contributed by atoms with E-state index in [1.165, 1.54) is 37.7 Å². The lowest BCUT2D eigenvalue weighted by Crippen LogP contribution is -2.35. The fourth-order valence-corrected chi connectivity index (χ4v) is 3.36. The van der Waals surface area contributed by atoms with Crippen molar-refractivity contribution in [1.82, 2.24) is 15.5 Å². The molecule has 1 aliphatic carbocycles. The Balaban J connectivity index is 1.64. The lowest BCUT2D eigenvalue weighted by atomic mass is 9.96. The Morgan fingerprint density at radius 2 is 1.79 bits per heavy atom. The zero-order valence-electron chi connectivity index (χ0n) is 14.5. The van der Waals surface area contributed by atoms with Gasteiger partial charge in [-0.15, -0.1) is 0 Å². The van der Waals surface area contributed by atoms with Gasteiger partial charge < -0.3 is 5.32 Å². The van der Waals surface area contributed by atoms with Crippen LogP contribution in [0.3, 0.4) is 0 Å². The van der Waals surface area contributed by atoms with Gasteiger partial charge in [-0.1, -0.05) is 63.3 Å². The molecule has 0 atom stereocenters. The van der Waals surface area contributed by atoms with Crippen LogP contribution in [0.25, 0.3) is 11.3 Å². The number of H-pyrrole nitrogens is 1. The summed E-state index contributed by atoms with van der Waals surface area (Å²) in [6.45, 7) is 2.14. The molecule has 128 valence electrons. The van der Waals surface area contributed by atoms with Crippen LogP contribution in [0.5, 0.6) is 0 Å². The zero-order chi connectivity index (χ0) is 16.8. The molecule has 2 N–H and O–H groups in total. The third-order valence-electron chi connectivity index (χ3n) is 4.92. The molecule has 1 saturated carbocycles. The number of hydrogen-bond acceptors (Lipinski definition) is 2. The first-order valence-corrected chi connectivity index (χ1v) is 9.22. The molecule has 1 heterocycles. The molecule has 0 spiro atoms. The van der Waals surface area contributed by atoms with Gasteiger partial charge in [0, 0.05) is 11.6 Å². The van der Waals surface area contributed by atoms with Crippen molar-refractivity contribution in [3.63, 3.8) is 0 Å². The van der Waals surface area contributed by atoms with Crippen molar-refractivity contribution in [3.05, 3.63) is 41.6 Å². The molecule has 0 saturated heterocycles. The van der Waals surface area contributed by atoms with E-state index in [2.05, 4.69) is 46.7 Å². The summed E-state index contributed by atoms with van der Waals surface area (Å²) in [6.07, 6.45) is 9.53. The Morgan fingerprint density at radius 1 is 1.12 bits per heavy atom. The number of aromatic amines is 1. The first-order chi connectivity index (χ1) is 11.8. The van der Waals surface area contributed by atoms with E-state index in [1.54, 1.807) is 0 Å². The van der Waals surface area contributed by atoms with Gasteiger partial charge in [-0.2, -0.15) is 5.10 Å². The largest absolute Gasteiger partial charge is 0.348 e. The van der Waals surface area contributed by atoms with Gasteiger partial charge in [0.25, 0.3) is 5.91 Å². The summed E-state index contributed by atoms with van der Waals surface area (Å²) < 4.78 is 0. The van der Waals surface area contributed by atoms with E-state index in [0.717, 1.165) is 30.5 Å². The molecule has 1 aliphatic rings. The first kappa shape index (κ1) is 16.7. The average Bonchev–Trinajstić information content (AvgIpc) is 3.07. The van der Waals surface area contributed by atoms with Crippen LogP contribution in [0.4, 0.5) is 0 Å². The molecule has 0 unspecified atom stereocenters. The quantitative estimate of drug-likeness (QED) is 0.870. The van der Waals surface area contributed by atoms with Crippen molar-refractivity contribution in [3.8, 4) is 11.3 Å². The number of carbonyl (C=O) groups excluding carboxylic acids is 1. The summed E-state index contributed by atoms with van der Waals surface area (Å²) in [5, 5.41) is 10.4. The third-order valence-corrected chi connectivity index (χ3v) is 4.92. The molecule has 0 radical (unpaired) electrons. The monoisotopic (exact) mass is 325 g/mol. The van der Waals surface area contributed by atoms with Gasteiger partial charge in [0.15, 0.2) is 0 Å². The lowest BCUT2D eigenvalue weighted by Gasteiger charge is -2.20. The number of rotatable bonds is 4. The average molecular weight is 325 g/mol. The number of benzene rings is 1. The van der Waals surface area contributed by atoms with E-state index >= 15 is 0 Å². The minimum absolute atomic E-state index is 0.0375. The molecule has 1 aromatic carbocycles. The van der Waals surface area contributed by atoms with Crippen LogP contribution in [-0.4, -0.2) is 22.1 Å². The van der Waals surface area contributed by atoms with Gasteiger partial charge in [-0.05, 0) is 30.9 Å². The number of aryl methyl sites for hydroxylation is 1. The van der Waals surface area contributed by atoms with E-state index in [4.69, 9.17) is 0 Å². The van der Waals surface area contributed by atoms with Crippen LogP contribution in [-0.2, 0) is 6.42 Å². The molecule has 0 aliphatic heterocycles. The molecule has 3 rings (SSSR count). The molecule has 4 nitrogen and oxygen atoms in total. The molecular weight excluding hydrogens is 298 g/mol. The summed E-state index contributed by atoms with van der Waals surface area (Å²) in [7, 11) is 0. The van der Waals surface area contributed by atoms with Crippen molar-refractivity contribution in [2.45, 2.75) is 64.3 Å². The van der Waals surface area contributed by atoms with E-state index < -0.39 is 0 Å². The van der Waals surface area contributed by atoms with Crippen molar-refractivity contribution in [2.75, 3.05) is 0 Å². The van der Waals surface area contributed by atoms with E-state index in [1.807, 2.05) is 6.07 Å². The van der Waals surface area contributed by atoms with Crippen LogP contribution in [0.2, 0.25) is 0 Å². The molecule has 1 fully saturated rings. The zero-order valence-corrected chi connectivity index (χ0v) is 14.5. The summed E-state index contributed by atoms with van der Waals surface area (Å²) in [5.41, 5.74) is 3.71. The minimum Gasteiger partial charge on any atom is -0.348 e. The van der Waals surface area contributed by atoms with E-state index in [-0.39, 0.29) is 5.91 Å². The van der Waals surface area contributed by atoms with Crippen LogP contribution in [0.1, 0.15) is 67.9 Å². The SMILES string of the molecule is CCc1ccc(-c2cc(C(=O)NC3CCCCCCC3)[nH]n2)cc1. The van der Waals surface area contributed by atoms with Crippen molar-refractivity contribution >= 4 is 5.91 Å². The van der Waals surface area contributed by atoms with Crippen LogP contribution < -0.4 is 5.32 Å². The first-order valence-electron chi connectivity index (χ1n) is 9.22. The Morgan fingerprint density at radius 3 is 2.46 bits per heavy atom. The number of amides is 1. The van der Waals surface area contributed by atoms with E-state index in [9.17, 15) is 4.79 Å². The fourth-order valence-electron chi connectivity index (χ4n) is 3.36. The maximum absolute atomic E-state index is 12.5. The maximum Gasteiger partial charge on any atom is 0.269 e. The normalized spacial score (nSPS) is 16.4. The molecule has 0 bridgehead atoms. The number of nitrogens with one attached hydrogen (secondary N) is 2. The Kier molecular flexibility index (Phi) is 5.68. The van der Waals surface area contributed by atoms with Gasteiger partial charge in [-0.3, -0.25) is 9.89 Å². The number of hydrogen-bond donors (Lipinski definition) is 2. The molecule has 24 heavy (non-hydrogen) atoms. The Labute approximate surface area is 144 Å². The highest BCUT2D eigenvalue weighted by Crippen LogP contribution is 2.20. The molecule has 1 amide bonds. The second-order valence-electron chi connectivity index (χ2n) is 6.73. The van der Waals surface area contributed by atoms with Gasteiger partial charge >= 0.3 is 0 Å². The Hall–Kier alpha value is -2.10. The molecular formula is C20H27N3O. The van der Waals surface area contributed by atoms with Gasteiger partial charge in [0.2, 0.25) is 0 Å². The number of carbonyl (C=O) groups is 1. The van der Waals surface area contributed by atoms with Crippen LogP contribution >= 0.6 is 0 Å². The topological polar surface area (TPSA) is 57.8 Å². The van der Waals surface area contributed by atoms with Crippen molar-refractivity contribution in [1.29, 1.82) is 0 Å². The summed E-state index contributed by atoms with van der Waals surface area (Å²) in [6, 6.07) is 10.5. The predicted octanol–water partition coefficient (Wildman–Crippen LogP) is 4.48. The molecule has 2 aromatic rings. The van der Waals surface area contributed by atoms with Gasteiger partial charge in [0.05, 0.1) is 5.69 Å². The Bertz CT molecular complexity index is 652. The summed E-state index contributed by atoms with van der Waals surface area (Å²) >= 11 is 0. The maximum atomic E-state index is 12.5. The van der Waals surface area contributed by atoms with Gasteiger partial charge in [-0.25, -0.2) is 0 Å². The summed E-state index contributed by atoms with van der Waals surface area (Å²) in [4.78, 5) is 12.5. The van der Waals surface area contributed by atoms with Crippen molar-refractivity contribution in [2.24, 2.45) is 0 Å². The standard InChI is InChI=1S/C20H27N3O/c1-2-15-10-12-16(13-11-15)18-14-19(23-22-18)20(24)21-17-8-6-4-3-5-7-9-17/h10-14,17H,2-9H2,1H3,(H,21,24)(H,22,23). The predicted molar refractivity (Wildman–Crippen MR) is 97.0 cm³/mol. The van der Waals surface area contributed by atoms with Gasteiger partial charge in [0.1, 0.15) is 5.69 Å². The van der Waals surface area contributed by atoms with Crippen LogP contribution in [0.15, 0.2) is 30.3 Å². The van der Waals surface area contributed by atoms with Crippen molar-refractivity contribution < 1.29 is 4.79 Å². The highest BCUT2D eigenvalue weighted by atomic mass is 16.2. The number of aromatic nitrogens is 2. The van der Waals surface area contributed by atoms with Crippen LogP contribution in [0, 0.1) is 0 Å². The highest BCUT2D eigenvalue weighted by molar-refractivity contribution is 5.93. The third kappa shape index (κ3) is 4.25. The lowest BCUT2D eigenvalue weighted by molar-refractivity contribution is 0.0925.